The van der Waals surface area contributed by atoms with Crippen LogP contribution in [0.4, 0.5) is 10.4 Å². The Morgan fingerprint density at radius 2 is 1.85 bits per heavy atom. The molecule has 1 atom stereocenters. The maximum absolute atomic E-state index is 13.7. The van der Waals surface area contributed by atoms with E-state index in [1.54, 1.807) is 24.3 Å². The fourth-order valence-corrected chi connectivity index (χ4v) is 3.08. The molecule has 3 rings (SSSR count). The van der Waals surface area contributed by atoms with E-state index in [4.69, 9.17) is 4.42 Å². The smallest absolute Gasteiger partial charge is 0.331 e. The Balaban J connectivity index is 2.15. The fourth-order valence-electron chi connectivity index (χ4n) is 1.85. The summed E-state index contributed by atoms with van der Waals surface area (Å²) in [4.78, 5) is 4.16. The second-order valence-corrected chi connectivity index (χ2v) is 6.52. The standard InChI is InChI=1S/C14H11FN2O2S/c1-20(18,13-9-5-2-6-10(13)15)17-14-16-11-7-3-4-8-12(11)19-14/h2-9H,1H3. The molecule has 0 N–H and O–H groups in total. The zero-order valence-corrected chi connectivity index (χ0v) is 11.4. The first-order valence-electron chi connectivity index (χ1n) is 5.88. The van der Waals surface area contributed by atoms with Crippen LogP contribution in [0.25, 0.3) is 11.1 Å². The monoisotopic (exact) mass is 290 g/mol. The van der Waals surface area contributed by atoms with Crippen LogP contribution in [0.2, 0.25) is 0 Å². The van der Waals surface area contributed by atoms with Gasteiger partial charge < -0.3 is 4.42 Å². The second kappa shape index (κ2) is 4.72. The molecule has 0 aliphatic rings. The topological polar surface area (TPSA) is 55.5 Å². The molecular weight excluding hydrogens is 279 g/mol. The predicted octanol–water partition coefficient (Wildman–Crippen LogP) is 3.76. The van der Waals surface area contributed by atoms with E-state index in [1.165, 1.54) is 24.5 Å². The van der Waals surface area contributed by atoms with Gasteiger partial charge in [-0.2, -0.15) is 4.98 Å². The molecule has 0 spiro atoms. The molecule has 0 radical (unpaired) electrons. The molecule has 6 heteroatoms. The van der Waals surface area contributed by atoms with Gasteiger partial charge in [0.1, 0.15) is 11.3 Å². The molecule has 1 aromatic heterocycles. The zero-order valence-electron chi connectivity index (χ0n) is 10.6. The van der Waals surface area contributed by atoms with Gasteiger partial charge in [0, 0.05) is 6.26 Å². The van der Waals surface area contributed by atoms with Crippen LogP contribution < -0.4 is 0 Å². The van der Waals surface area contributed by atoms with Crippen molar-refractivity contribution in [3.8, 4) is 0 Å². The third kappa shape index (κ3) is 2.30. The Kier molecular flexibility index (Phi) is 3.02. The van der Waals surface area contributed by atoms with Gasteiger partial charge in [-0.25, -0.2) is 8.60 Å². The van der Waals surface area contributed by atoms with E-state index in [-0.39, 0.29) is 10.9 Å². The van der Waals surface area contributed by atoms with Gasteiger partial charge in [0.05, 0.1) is 14.6 Å². The van der Waals surface area contributed by atoms with Gasteiger partial charge in [0.15, 0.2) is 5.58 Å². The van der Waals surface area contributed by atoms with Gasteiger partial charge in [-0.05, 0) is 24.3 Å². The van der Waals surface area contributed by atoms with E-state index in [2.05, 4.69) is 9.35 Å². The number of hydrogen-bond acceptors (Lipinski definition) is 4. The van der Waals surface area contributed by atoms with Crippen molar-refractivity contribution in [2.24, 2.45) is 4.36 Å². The molecule has 0 aliphatic heterocycles. The summed E-state index contributed by atoms with van der Waals surface area (Å²) in [5.74, 6) is -0.556. The van der Waals surface area contributed by atoms with Crippen LogP contribution in [0.3, 0.4) is 0 Å². The van der Waals surface area contributed by atoms with E-state index < -0.39 is 15.5 Å². The summed E-state index contributed by atoms with van der Waals surface area (Å²) >= 11 is 0. The highest BCUT2D eigenvalue weighted by atomic mass is 32.2. The highest BCUT2D eigenvalue weighted by Gasteiger charge is 2.14. The van der Waals surface area contributed by atoms with Gasteiger partial charge in [-0.15, -0.1) is 4.36 Å². The van der Waals surface area contributed by atoms with E-state index in [0.717, 1.165) is 0 Å². The number of halogens is 1. The van der Waals surface area contributed by atoms with Gasteiger partial charge in [0.2, 0.25) is 0 Å². The SMILES string of the molecule is CS(=O)(=Nc1nc2ccccc2o1)c1ccccc1F. The molecule has 0 aliphatic carbocycles. The maximum atomic E-state index is 13.7. The average Bonchev–Trinajstić information content (AvgIpc) is 2.80. The Hall–Kier alpha value is -2.21. The van der Waals surface area contributed by atoms with Crippen LogP contribution in [0.1, 0.15) is 0 Å². The number of nitrogens with zero attached hydrogens (tertiary/aromatic N) is 2. The van der Waals surface area contributed by atoms with Crippen molar-refractivity contribution >= 4 is 26.8 Å². The first-order chi connectivity index (χ1) is 9.56. The molecule has 0 amide bonds. The highest BCUT2D eigenvalue weighted by molar-refractivity contribution is 7.93. The Morgan fingerprint density at radius 3 is 2.60 bits per heavy atom. The normalized spacial score (nSPS) is 14.1. The number of para-hydroxylation sites is 2. The van der Waals surface area contributed by atoms with Crippen LogP contribution in [0, 0.1) is 5.82 Å². The van der Waals surface area contributed by atoms with Crippen molar-refractivity contribution < 1.29 is 13.0 Å². The summed E-state index contributed by atoms with van der Waals surface area (Å²) in [6.45, 7) is 0. The maximum Gasteiger partial charge on any atom is 0.331 e. The molecule has 0 fully saturated rings. The number of oxazole rings is 1. The van der Waals surface area contributed by atoms with Crippen LogP contribution in [-0.4, -0.2) is 15.4 Å². The van der Waals surface area contributed by atoms with Crippen LogP contribution >= 0.6 is 0 Å². The first-order valence-corrected chi connectivity index (χ1v) is 7.81. The van der Waals surface area contributed by atoms with Crippen molar-refractivity contribution in [3.63, 3.8) is 0 Å². The third-order valence-electron chi connectivity index (χ3n) is 2.78. The van der Waals surface area contributed by atoms with Crippen molar-refractivity contribution in [3.05, 3.63) is 54.3 Å². The lowest BCUT2D eigenvalue weighted by molar-refractivity contribution is 0.592. The minimum absolute atomic E-state index is 0.0121. The lowest BCUT2D eigenvalue weighted by Crippen LogP contribution is -2.00. The predicted molar refractivity (Wildman–Crippen MR) is 74.8 cm³/mol. The number of rotatable bonds is 2. The molecule has 3 aromatic rings. The summed E-state index contributed by atoms with van der Waals surface area (Å²) < 4.78 is 35.6. The minimum Gasteiger partial charge on any atom is -0.422 e. The van der Waals surface area contributed by atoms with Crippen molar-refractivity contribution in [1.82, 2.24) is 4.98 Å². The van der Waals surface area contributed by atoms with Gasteiger partial charge in [-0.1, -0.05) is 24.3 Å². The number of benzene rings is 2. The van der Waals surface area contributed by atoms with E-state index >= 15 is 0 Å². The highest BCUT2D eigenvalue weighted by Crippen LogP contribution is 2.24. The van der Waals surface area contributed by atoms with Crippen molar-refractivity contribution in [2.45, 2.75) is 4.90 Å². The minimum atomic E-state index is -2.95. The summed E-state index contributed by atoms with van der Waals surface area (Å²) in [5.41, 5.74) is 1.17. The van der Waals surface area contributed by atoms with Gasteiger partial charge >= 0.3 is 6.01 Å². The zero-order chi connectivity index (χ0) is 14.2. The van der Waals surface area contributed by atoms with E-state index in [9.17, 15) is 8.60 Å². The van der Waals surface area contributed by atoms with Crippen LogP contribution in [0.5, 0.6) is 0 Å². The second-order valence-electron chi connectivity index (χ2n) is 4.29. The quantitative estimate of drug-likeness (QED) is 0.722. The Bertz CT molecular complexity index is 862. The largest absolute Gasteiger partial charge is 0.422 e. The van der Waals surface area contributed by atoms with Gasteiger partial charge in [0.25, 0.3) is 0 Å². The third-order valence-corrected chi connectivity index (χ3v) is 4.43. The molecule has 0 saturated heterocycles. The van der Waals surface area contributed by atoms with Crippen molar-refractivity contribution in [2.75, 3.05) is 6.26 Å². The summed E-state index contributed by atoms with van der Waals surface area (Å²) in [5, 5.41) is 0. The van der Waals surface area contributed by atoms with E-state index in [1.807, 2.05) is 6.07 Å². The molecule has 2 aromatic carbocycles. The molecule has 1 heterocycles. The molecule has 4 nitrogen and oxygen atoms in total. The molecule has 0 saturated carbocycles. The lowest BCUT2D eigenvalue weighted by atomic mass is 10.3. The average molecular weight is 290 g/mol. The Morgan fingerprint density at radius 1 is 1.15 bits per heavy atom. The molecule has 0 bridgehead atoms. The number of fused-ring (bicyclic) bond motifs is 1. The number of hydrogen-bond donors (Lipinski definition) is 0. The van der Waals surface area contributed by atoms with E-state index in [0.29, 0.717) is 11.1 Å². The molecule has 1 unspecified atom stereocenters. The molecule has 102 valence electrons. The fraction of sp³-hybridized carbons (Fsp3) is 0.0714. The van der Waals surface area contributed by atoms with Crippen molar-refractivity contribution in [1.29, 1.82) is 0 Å². The number of aromatic nitrogens is 1. The molecule has 20 heavy (non-hydrogen) atoms. The molecular formula is C14H11FN2O2S. The van der Waals surface area contributed by atoms with Gasteiger partial charge in [-0.3, -0.25) is 0 Å². The Labute approximate surface area is 115 Å². The van der Waals surface area contributed by atoms with Crippen LogP contribution in [-0.2, 0) is 9.73 Å². The van der Waals surface area contributed by atoms with Crippen LogP contribution in [0.15, 0.2) is 62.2 Å². The first kappa shape index (κ1) is 12.8. The summed E-state index contributed by atoms with van der Waals surface area (Å²) in [6.07, 6.45) is 1.36. The summed E-state index contributed by atoms with van der Waals surface area (Å²) in [6, 6.07) is 13.0. The lowest BCUT2D eigenvalue weighted by Gasteiger charge is -2.03. The summed E-state index contributed by atoms with van der Waals surface area (Å²) in [7, 11) is -2.95.